The van der Waals surface area contributed by atoms with Crippen molar-refractivity contribution in [3.8, 4) is 23.0 Å². The lowest BCUT2D eigenvalue weighted by molar-refractivity contribution is -0.385. The minimum absolute atomic E-state index is 0.0339. The molecule has 0 aromatic heterocycles. The van der Waals surface area contributed by atoms with Gasteiger partial charge in [0.1, 0.15) is 5.75 Å². The van der Waals surface area contributed by atoms with E-state index in [1.807, 2.05) is 31.2 Å². The SMILES string of the molecule is CCOc1ccc(NC(CC(=O)c2ccc(OC)c(OC)c2)c2ccc(OC)c([N+](=O)[O-])c2)cc1. The fraction of sp³-hybridized carbons (Fsp3) is 0.269. The summed E-state index contributed by atoms with van der Waals surface area (Å²) in [4.78, 5) is 24.3. The summed E-state index contributed by atoms with van der Waals surface area (Å²) in [6.07, 6.45) is 0.0339. The molecule has 0 radical (unpaired) electrons. The Labute approximate surface area is 203 Å². The van der Waals surface area contributed by atoms with Crippen LogP contribution >= 0.6 is 0 Å². The highest BCUT2D eigenvalue weighted by atomic mass is 16.6. The summed E-state index contributed by atoms with van der Waals surface area (Å²) in [5, 5.41) is 14.9. The third kappa shape index (κ3) is 6.20. The molecule has 3 aromatic carbocycles. The normalized spacial score (nSPS) is 11.3. The second-order valence-electron chi connectivity index (χ2n) is 7.54. The Hall–Kier alpha value is -4.27. The Kier molecular flexibility index (Phi) is 8.50. The van der Waals surface area contributed by atoms with E-state index in [4.69, 9.17) is 18.9 Å². The highest BCUT2D eigenvalue weighted by Gasteiger charge is 2.23. The van der Waals surface area contributed by atoms with Crippen molar-refractivity contribution in [2.75, 3.05) is 33.3 Å². The van der Waals surface area contributed by atoms with Crippen LogP contribution in [-0.2, 0) is 0 Å². The van der Waals surface area contributed by atoms with Gasteiger partial charge in [-0.1, -0.05) is 6.07 Å². The molecule has 1 atom stereocenters. The van der Waals surface area contributed by atoms with Crippen LogP contribution in [0.25, 0.3) is 0 Å². The van der Waals surface area contributed by atoms with Crippen molar-refractivity contribution < 1.29 is 28.7 Å². The number of ether oxygens (including phenoxy) is 4. The molecule has 0 heterocycles. The van der Waals surface area contributed by atoms with E-state index in [2.05, 4.69) is 5.32 Å². The summed E-state index contributed by atoms with van der Waals surface area (Å²) >= 11 is 0. The van der Waals surface area contributed by atoms with Crippen LogP contribution in [0, 0.1) is 10.1 Å². The van der Waals surface area contributed by atoms with E-state index in [9.17, 15) is 14.9 Å². The molecule has 0 aliphatic heterocycles. The van der Waals surface area contributed by atoms with Gasteiger partial charge in [0.15, 0.2) is 23.0 Å². The van der Waals surface area contributed by atoms with Crippen molar-refractivity contribution in [3.63, 3.8) is 0 Å². The zero-order valence-electron chi connectivity index (χ0n) is 20.1. The number of benzene rings is 3. The molecule has 0 saturated carbocycles. The molecule has 0 amide bonds. The van der Waals surface area contributed by atoms with E-state index in [1.54, 1.807) is 24.3 Å². The molecule has 1 unspecified atom stereocenters. The Morgan fingerprint density at radius 3 is 2.17 bits per heavy atom. The molecule has 9 heteroatoms. The smallest absolute Gasteiger partial charge is 0.311 e. The highest BCUT2D eigenvalue weighted by Crippen LogP contribution is 2.34. The molecule has 0 saturated heterocycles. The summed E-state index contributed by atoms with van der Waals surface area (Å²) in [6.45, 7) is 2.45. The number of hydrogen-bond acceptors (Lipinski definition) is 8. The molecule has 35 heavy (non-hydrogen) atoms. The predicted molar refractivity (Wildman–Crippen MR) is 132 cm³/mol. The average molecular weight is 481 g/mol. The van der Waals surface area contributed by atoms with Gasteiger partial charge < -0.3 is 24.3 Å². The van der Waals surface area contributed by atoms with Crippen molar-refractivity contribution in [1.82, 2.24) is 0 Å². The van der Waals surface area contributed by atoms with E-state index in [1.165, 1.54) is 33.5 Å². The summed E-state index contributed by atoms with van der Waals surface area (Å²) in [5.41, 5.74) is 1.56. The number of ketones is 1. The van der Waals surface area contributed by atoms with Crippen LogP contribution in [0.2, 0.25) is 0 Å². The number of nitrogens with zero attached hydrogens (tertiary/aromatic N) is 1. The van der Waals surface area contributed by atoms with Gasteiger partial charge in [0, 0.05) is 23.7 Å². The Morgan fingerprint density at radius 2 is 1.57 bits per heavy atom. The minimum atomic E-state index is -0.557. The van der Waals surface area contributed by atoms with Crippen molar-refractivity contribution in [1.29, 1.82) is 0 Å². The molecular weight excluding hydrogens is 452 g/mol. The molecule has 0 aliphatic rings. The van der Waals surface area contributed by atoms with Gasteiger partial charge in [-0.15, -0.1) is 0 Å². The van der Waals surface area contributed by atoms with Crippen LogP contribution in [0.1, 0.15) is 35.3 Å². The monoisotopic (exact) mass is 480 g/mol. The molecule has 0 spiro atoms. The number of nitro benzene ring substituents is 1. The molecule has 0 aliphatic carbocycles. The van der Waals surface area contributed by atoms with Gasteiger partial charge in [-0.2, -0.15) is 0 Å². The van der Waals surface area contributed by atoms with Crippen molar-refractivity contribution in [3.05, 3.63) is 81.9 Å². The molecule has 0 fully saturated rings. The van der Waals surface area contributed by atoms with Crippen LogP contribution in [0.4, 0.5) is 11.4 Å². The molecule has 0 bridgehead atoms. The fourth-order valence-electron chi connectivity index (χ4n) is 3.65. The summed E-state index contributed by atoms with van der Waals surface area (Å²) in [7, 11) is 4.39. The maximum Gasteiger partial charge on any atom is 0.311 e. The van der Waals surface area contributed by atoms with Crippen molar-refractivity contribution >= 4 is 17.2 Å². The van der Waals surface area contributed by atoms with E-state index in [0.29, 0.717) is 29.2 Å². The predicted octanol–water partition coefficient (Wildman–Crippen LogP) is 5.45. The van der Waals surface area contributed by atoms with E-state index >= 15 is 0 Å². The largest absolute Gasteiger partial charge is 0.494 e. The van der Waals surface area contributed by atoms with E-state index < -0.39 is 11.0 Å². The van der Waals surface area contributed by atoms with Crippen molar-refractivity contribution in [2.45, 2.75) is 19.4 Å². The number of rotatable bonds is 12. The van der Waals surface area contributed by atoms with Crippen LogP contribution < -0.4 is 24.3 Å². The lowest BCUT2D eigenvalue weighted by Gasteiger charge is -2.21. The average Bonchev–Trinajstić information content (AvgIpc) is 2.88. The number of anilines is 1. The quantitative estimate of drug-likeness (QED) is 0.207. The highest BCUT2D eigenvalue weighted by molar-refractivity contribution is 5.97. The first-order valence-electron chi connectivity index (χ1n) is 11.0. The zero-order valence-corrected chi connectivity index (χ0v) is 20.1. The number of hydrogen-bond donors (Lipinski definition) is 1. The van der Waals surface area contributed by atoms with Gasteiger partial charge in [0.25, 0.3) is 0 Å². The third-order valence-electron chi connectivity index (χ3n) is 5.40. The molecule has 3 rings (SSSR count). The number of methoxy groups -OCH3 is 3. The number of Topliss-reactive ketones (excluding diaryl/α,β-unsaturated/α-hetero) is 1. The Bertz CT molecular complexity index is 1180. The van der Waals surface area contributed by atoms with Gasteiger partial charge in [0.05, 0.1) is 38.9 Å². The number of carbonyl (C=O) groups is 1. The van der Waals surface area contributed by atoms with Gasteiger partial charge in [0.2, 0.25) is 0 Å². The summed E-state index contributed by atoms with van der Waals surface area (Å²) < 4.78 is 21.2. The van der Waals surface area contributed by atoms with Crippen LogP contribution in [0.5, 0.6) is 23.0 Å². The van der Waals surface area contributed by atoms with Crippen LogP contribution in [-0.4, -0.2) is 38.6 Å². The van der Waals surface area contributed by atoms with Gasteiger partial charge >= 0.3 is 5.69 Å². The molecule has 9 nitrogen and oxygen atoms in total. The third-order valence-corrected chi connectivity index (χ3v) is 5.40. The minimum Gasteiger partial charge on any atom is -0.494 e. The van der Waals surface area contributed by atoms with Crippen molar-refractivity contribution in [2.24, 2.45) is 0 Å². The molecule has 1 N–H and O–H groups in total. The van der Waals surface area contributed by atoms with Crippen LogP contribution in [0.3, 0.4) is 0 Å². The Morgan fingerprint density at radius 1 is 0.914 bits per heavy atom. The molecule has 3 aromatic rings. The maximum atomic E-state index is 13.3. The second kappa shape index (κ2) is 11.7. The summed E-state index contributed by atoms with van der Waals surface area (Å²) in [6, 6.07) is 16.3. The zero-order chi connectivity index (χ0) is 25.4. The lowest BCUT2D eigenvalue weighted by atomic mass is 9.96. The first kappa shape index (κ1) is 25.4. The maximum absolute atomic E-state index is 13.3. The number of nitrogens with one attached hydrogen (secondary N) is 1. The first-order valence-corrected chi connectivity index (χ1v) is 11.0. The first-order chi connectivity index (χ1) is 16.9. The van der Waals surface area contributed by atoms with Crippen LogP contribution in [0.15, 0.2) is 60.7 Å². The second-order valence-corrected chi connectivity index (χ2v) is 7.54. The van der Waals surface area contributed by atoms with Gasteiger partial charge in [-0.25, -0.2) is 0 Å². The molecule has 184 valence electrons. The number of nitro groups is 1. The van der Waals surface area contributed by atoms with Gasteiger partial charge in [-0.05, 0) is 61.0 Å². The van der Waals surface area contributed by atoms with E-state index in [0.717, 1.165) is 11.4 Å². The summed E-state index contributed by atoms with van der Waals surface area (Å²) in [5.74, 6) is 1.64. The van der Waals surface area contributed by atoms with Gasteiger partial charge in [-0.3, -0.25) is 14.9 Å². The van der Waals surface area contributed by atoms with E-state index in [-0.39, 0.29) is 23.6 Å². The lowest BCUT2D eigenvalue weighted by Crippen LogP contribution is -2.16. The number of carbonyl (C=O) groups excluding carboxylic acids is 1. The topological polar surface area (TPSA) is 109 Å². The standard InChI is InChI=1S/C26H28N2O7/c1-5-35-20-10-8-19(9-11-20)27-21(17-6-12-24(32-2)22(14-17)28(30)31)16-23(29)18-7-13-25(33-3)26(15-18)34-4/h6-15,21,27H,5,16H2,1-4H3. The fourth-order valence-corrected chi connectivity index (χ4v) is 3.65. The molecular formula is C26H28N2O7. The Balaban J connectivity index is 1.95.